The number of nitro benzene ring substituents is 2. The lowest BCUT2D eigenvalue weighted by Gasteiger charge is -2.24. The second-order valence-electron chi connectivity index (χ2n) is 7.02. The number of non-ortho nitro benzene ring substituents is 1. The van der Waals surface area contributed by atoms with E-state index in [0.29, 0.717) is 18.6 Å². The molecule has 1 aliphatic rings. The van der Waals surface area contributed by atoms with Gasteiger partial charge in [0.05, 0.1) is 26.5 Å². The van der Waals surface area contributed by atoms with Crippen LogP contribution in [0.2, 0.25) is 0 Å². The van der Waals surface area contributed by atoms with E-state index in [2.05, 4.69) is 10.5 Å². The second kappa shape index (κ2) is 8.57. The Hall–Kier alpha value is -3.34. The summed E-state index contributed by atoms with van der Waals surface area (Å²) in [4.78, 5) is 20.9. The van der Waals surface area contributed by atoms with Crippen LogP contribution in [0.4, 0.5) is 17.1 Å². The summed E-state index contributed by atoms with van der Waals surface area (Å²) in [6, 6.07) is 9.72. The van der Waals surface area contributed by atoms with Crippen molar-refractivity contribution >= 4 is 32.6 Å². The zero-order valence-electron chi connectivity index (χ0n) is 16.1. The van der Waals surface area contributed by atoms with Crippen molar-refractivity contribution in [3.63, 3.8) is 0 Å². The maximum absolute atomic E-state index is 13.1. The van der Waals surface area contributed by atoms with Gasteiger partial charge >= 0.3 is 5.69 Å². The molecule has 3 rings (SSSR count). The van der Waals surface area contributed by atoms with Crippen molar-refractivity contribution in [1.82, 2.24) is 0 Å². The molecule has 1 unspecified atom stereocenters. The molecule has 0 spiro atoms. The highest BCUT2D eigenvalue weighted by Crippen LogP contribution is 2.31. The Balaban J connectivity index is 1.93. The van der Waals surface area contributed by atoms with Gasteiger partial charge in [-0.3, -0.25) is 25.7 Å². The van der Waals surface area contributed by atoms with Gasteiger partial charge in [0.1, 0.15) is 10.9 Å². The minimum Gasteiger partial charge on any atom is -0.272 e. The van der Waals surface area contributed by atoms with Gasteiger partial charge in [0.2, 0.25) is 0 Å². The first-order chi connectivity index (χ1) is 14.2. The maximum atomic E-state index is 13.1. The third kappa shape index (κ3) is 4.46. The minimum atomic E-state index is -3.67. The number of benzene rings is 2. The highest BCUT2D eigenvalue weighted by Gasteiger charge is 2.34. The number of aryl methyl sites for hydroxylation is 1. The smallest absolute Gasteiger partial charge is 0.272 e. The Morgan fingerprint density at radius 2 is 1.73 bits per heavy atom. The molecule has 0 saturated heterocycles. The lowest BCUT2D eigenvalue weighted by atomic mass is 9.98. The van der Waals surface area contributed by atoms with Gasteiger partial charge in [0.25, 0.3) is 5.69 Å². The molecule has 0 aliphatic heterocycles. The highest BCUT2D eigenvalue weighted by atomic mass is 32.2. The number of sulfone groups is 1. The van der Waals surface area contributed by atoms with Crippen LogP contribution in [0.5, 0.6) is 0 Å². The summed E-state index contributed by atoms with van der Waals surface area (Å²) in [5, 5.41) is 25.5. The van der Waals surface area contributed by atoms with E-state index in [4.69, 9.17) is 0 Å². The average Bonchev–Trinajstić information content (AvgIpc) is 2.72. The van der Waals surface area contributed by atoms with Crippen molar-refractivity contribution in [2.75, 3.05) is 5.43 Å². The van der Waals surface area contributed by atoms with E-state index in [0.717, 1.165) is 30.5 Å². The fourth-order valence-electron chi connectivity index (χ4n) is 3.33. The number of hydrogen-bond acceptors (Lipinski definition) is 8. The topological polar surface area (TPSA) is 145 Å². The summed E-state index contributed by atoms with van der Waals surface area (Å²) in [5.41, 5.74) is 2.90. The summed E-state index contributed by atoms with van der Waals surface area (Å²) < 4.78 is 26.2. The molecule has 1 aliphatic carbocycles. The van der Waals surface area contributed by atoms with Gasteiger partial charge in [-0.25, -0.2) is 8.42 Å². The average molecular weight is 432 g/mol. The number of nitrogens with zero attached hydrogens (tertiary/aromatic N) is 3. The summed E-state index contributed by atoms with van der Waals surface area (Å²) in [5.74, 6) is 0. The molecule has 11 heteroatoms. The van der Waals surface area contributed by atoms with Crippen LogP contribution in [0, 0.1) is 27.2 Å². The molecule has 0 bridgehead atoms. The van der Waals surface area contributed by atoms with Crippen molar-refractivity contribution in [3.05, 3.63) is 68.3 Å². The van der Waals surface area contributed by atoms with Crippen LogP contribution in [-0.2, 0) is 9.84 Å². The number of hydrazone groups is 1. The summed E-state index contributed by atoms with van der Waals surface area (Å²) in [6.45, 7) is 1.87. The normalized spacial score (nSPS) is 18.2. The van der Waals surface area contributed by atoms with Crippen LogP contribution in [0.25, 0.3) is 0 Å². The quantitative estimate of drug-likeness (QED) is 0.536. The first kappa shape index (κ1) is 21.4. The van der Waals surface area contributed by atoms with Gasteiger partial charge in [-0.1, -0.05) is 24.1 Å². The van der Waals surface area contributed by atoms with Crippen molar-refractivity contribution in [2.24, 2.45) is 5.10 Å². The zero-order chi connectivity index (χ0) is 21.9. The zero-order valence-corrected chi connectivity index (χ0v) is 17.0. The molecule has 1 N–H and O–H groups in total. The van der Waals surface area contributed by atoms with Crippen LogP contribution in [0.3, 0.4) is 0 Å². The van der Waals surface area contributed by atoms with Gasteiger partial charge in [0, 0.05) is 6.07 Å². The van der Waals surface area contributed by atoms with E-state index in [1.165, 1.54) is 6.07 Å². The third-order valence-corrected chi connectivity index (χ3v) is 7.14. The van der Waals surface area contributed by atoms with Crippen molar-refractivity contribution in [3.8, 4) is 0 Å². The minimum absolute atomic E-state index is 0.0462. The van der Waals surface area contributed by atoms with Gasteiger partial charge in [0.15, 0.2) is 9.84 Å². The Morgan fingerprint density at radius 3 is 2.37 bits per heavy atom. The lowest BCUT2D eigenvalue weighted by molar-refractivity contribution is -0.393. The second-order valence-corrected chi connectivity index (χ2v) is 9.15. The molecule has 0 radical (unpaired) electrons. The van der Waals surface area contributed by atoms with Crippen molar-refractivity contribution < 1.29 is 18.3 Å². The molecule has 0 heterocycles. The van der Waals surface area contributed by atoms with Crippen LogP contribution in [0.1, 0.15) is 31.2 Å². The summed E-state index contributed by atoms with van der Waals surface area (Å²) in [7, 11) is -3.67. The predicted molar refractivity (Wildman–Crippen MR) is 111 cm³/mol. The number of nitrogens with one attached hydrogen (secondary N) is 1. The molecule has 2 aromatic carbocycles. The van der Waals surface area contributed by atoms with Crippen LogP contribution < -0.4 is 5.43 Å². The largest absolute Gasteiger partial charge is 0.301 e. The number of anilines is 1. The van der Waals surface area contributed by atoms with E-state index in [-0.39, 0.29) is 10.6 Å². The fraction of sp³-hybridized carbons (Fsp3) is 0.316. The number of nitro groups is 2. The number of hydrogen-bond donors (Lipinski definition) is 1. The van der Waals surface area contributed by atoms with E-state index in [1.807, 2.05) is 6.92 Å². The molecular weight excluding hydrogens is 412 g/mol. The summed E-state index contributed by atoms with van der Waals surface area (Å²) in [6.07, 6.45) is 2.32. The van der Waals surface area contributed by atoms with Gasteiger partial charge < -0.3 is 0 Å². The Kier molecular flexibility index (Phi) is 6.11. The summed E-state index contributed by atoms with van der Waals surface area (Å²) >= 11 is 0. The standard InChI is InChI=1S/C19H20N4O6S/c1-13-6-9-15(10-7-13)30(28,29)19-5-3-2-4-17(19)21-20-16-11-8-14(22(24)25)12-18(16)23(26)27/h6-12,19-20H,2-5H2,1H3. The SMILES string of the molecule is Cc1ccc(S(=O)(=O)C2CCCCC2=NNc2ccc([N+](=O)[O-])cc2[N+](=O)[O-])cc1. The Bertz CT molecular complexity index is 1110. The van der Waals surface area contributed by atoms with Crippen LogP contribution in [-0.4, -0.2) is 29.2 Å². The first-order valence-corrected chi connectivity index (χ1v) is 10.8. The molecule has 1 atom stereocenters. The monoisotopic (exact) mass is 432 g/mol. The first-order valence-electron chi connectivity index (χ1n) is 9.26. The number of rotatable bonds is 6. The molecule has 1 saturated carbocycles. The van der Waals surface area contributed by atoms with E-state index >= 15 is 0 Å². The van der Waals surface area contributed by atoms with E-state index < -0.39 is 36.3 Å². The highest BCUT2D eigenvalue weighted by molar-refractivity contribution is 7.92. The molecule has 158 valence electrons. The predicted octanol–water partition coefficient (Wildman–Crippen LogP) is 4.00. The Morgan fingerprint density at radius 1 is 1.03 bits per heavy atom. The molecule has 0 aromatic heterocycles. The van der Waals surface area contributed by atoms with Crippen molar-refractivity contribution in [2.45, 2.75) is 42.8 Å². The maximum Gasteiger partial charge on any atom is 0.301 e. The third-order valence-electron chi connectivity index (χ3n) is 4.95. The molecule has 10 nitrogen and oxygen atoms in total. The van der Waals surface area contributed by atoms with Crippen LogP contribution >= 0.6 is 0 Å². The van der Waals surface area contributed by atoms with E-state index in [9.17, 15) is 28.6 Å². The lowest BCUT2D eigenvalue weighted by Crippen LogP contribution is -2.34. The molecular formula is C19H20N4O6S. The molecule has 0 amide bonds. The molecule has 1 fully saturated rings. The van der Waals surface area contributed by atoms with E-state index in [1.54, 1.807) is 24.3 Å². The van der Waals surface area contributed by atoms with Gasteiger partial charge in [-0.15, -0.1) is 0 Å². The van der Waals surface area contributed by atoms with Crippen LogP contribution in [0.15, 0.2) is 52.5 Å². The Labute approximate surface area is 172 Å². The molecule has 30 heavy (non-hydrogen) atoms. The molecule has 2 aromatic rings. The fourth-order valence-corrected chi connectivity index (χ4v) is 5.18. The van der Waals surface area contributed by atoms with Gasteiger partial charge in [-0.05, 0) is 44.4 Å². The van der Waals surface area contributed by atoms with Gasteiger partial charge in [-0.2, -0.15) is 5.10 Å². The van der Waals surface area contributed by atoms with Crippen molar-refractivity contribution in [1.29, 1.82) is 0 Å².